The van der Waals surface area contributed by atoms with E-state index in [4.69, 9.17) is 4.74 Å². The molecule has 0 N–H and O–H groups in total. The molecule has 4 nitrogen and oxygen atoms in total. The number of amides is 2. The summed E-state index contributed by atoms with van der Waals surface area (Å²) in [5.74, 6) is 0.00978. The van der Waals surface area contributed by atoms with E-state index in [0.717, 1.165) is 10.0 Å². The van der Waals surface area contributed by atoms with Crippen molar-refractivity contribution in [3.63, 3.8) is 0 Å². The van der Waals surface area contributed by atoms with Gasteiger partial charge in [0.2, 0.25) is 5.91 Å². The third-order valence-corrected chi connectivity index (χ3v) is 4.64. The average molecular weight is 368 g/mol. The molecule has 1 heterocycles. The maximum absolute atomic E-state index is 12.7. The molecule has 0 aliphatic carbocycles. The number of carbonyl (C=O) groups excluding carboxylic acids is 2. The van der Waals surface area contributed by atoms with Crippen LogP contribution in [0.1, 0.15) is 39.7 Å². The molecule has 0 saturated carbocycles. The summed E-state index contributed by atoms with van der Waals surface area (Å²) < 4.78 is 6.04. The molecule has 1 aliphatic heterocycles. The van der Waals surface area contributed by atoms with Crippen molar-refractivity contribution in [2.75, 3.05) is 6.61 Å². The number of benzene rings is 1. The summed E-state index contributed by atoms with van der Waals surface area (Å²) >= 11 is 3.46. The highest BCUT2D eigenvalue weighted by Crippen LogP contribution is 2.31. The van der Waals surface area contributed by atoms with Gasteiger partial charge in [-0.05, 0) is 29.0 Å². The van der Waals surface area contributed by atoms with Crippen molar-refractivity contribution in [2.24, 2.45) is 5.92 Å². The van der Waals surface area contributed by atoms with Crippen molar-refractivity contribution in [3.05, 3.63) is 34.3 Å². The second kappa shape index (κ2) is 6.41. The number of nitrogens with zero attached hydrogens (tertiary/aromatic N) is 1. The highest BCUT2D eigenvalue weighted by Gasteiger charge is 2.41. The first-order valence-corrected chi connectivity index (χ1v) is 8.26. The minimum atomic E-state index is -0.520. The summed E-state index contributed by atoms with van der Waals surface area (Å²) in [4.78, 5) is 25.8. The molecular weight excluding hydrogens is 346 g/mol. The Balaban J connectivity index is 2.18. The number of hydrogen-bond acceptors (Lipinski definition) is 3. The molecule has 1 saturated heterocycles. The van der Waals surface area contributed by atoms with Crippen LogP contribution < -0.4 is 0 Å². The molecule has 0 bridgehead atoms. The lowest BCUT2D eigenvalue weighted by Crippen LogP contribution is -2.43. The fraction of sp³-hybridized carbons (Fsp3) is 0.529. The zero-order chi connectivity index (χ0) is 16.5. The smallest absolute Gasteiger partial charge is 0.416 e. The van der Waals surface area contributed by atoms with E-state index in [1.165, 1.54) is 4.90 Å². The van der Waals surface area contributed by atoms with Crippen LogP contribution in [0.2, 0.25) is 0 Å². The van der Waals surface area contributed by atoms with Crippen molar-refractivity contribution in [2.45, 2.75) is 45.6 Å². The van der Waals surface area contributed by atoms with E-state index >= 15 is 0 Å². The third-order valence-electron chi connectivity index (χ3n) is 4.14. The van der Waals surface area contributed by atoms with Gasteiger partial charge in [0.15, 0.2) is 0 Å². The Hall–Kier alpha value is -1.36. The van der Waals surface area contributed by atoms with Crippen LogP contribution in [0, 0.1) is 5.92 Å². The van der Waals surface area contributed by atoms with Gasteiger partial charge < -0.3 is 4.74 Å². The molecule has 1 atom stereocenters. The molecule has 120 valence electrons. The molecule has 2 amide bonds. The maximum atomic E-state index is 12.7. The lowest BCUT2D eigenvalue weighted by Gasteiger charge is -2.29. The average Bonchev–Trinajstić information content (AvgIpc) is 2.80. The monoisotopic (exact) mass is 367 g/mol. The lowest BCUT2D eigenvalue weighted by atomic mass is 9.81. The zero-order valence-corrected chi connectivity index (χ0v) is 15.0. The summed E-state index contributed by atoms with van der Waals surface area (Å²) in [6.07, 6.45) is -0.254. The first-order valence-electron chi connectivity index (χ1n) is 7.47. The van der Waals surface area contributed by atoms with E-state index in [0.29, 0.717) is 6.61 Å². The number of hydrogen-bond donors (Lipinski definition) is 0. The third kappa shape index (κ3) is 3.51. The number of imide groups is 1. The Kier molecular flexibility index (Phi) is 4.95. The Labute approximate surface area is 140 Å². The molecule has 5 heteroatoms. The van der Waals surface area contributed by atoms with Gasteiger partial charge in [-0.1, -0.05) is 55.8 Å². The van der Waals surface area contributed by atoms with Gasteiger partial charge in [-0.3, -0.25) is 4.79 Å². The van der Waals surface area contributed by atoms with Gasteiger partial charge in [0, 0.05) is 10.9 Å². The zero-order valence-electron chi connectivity index (χ0n) is 13.4. The number of ether oxygens (including phenoxy) is 1. The van der Waals surface area contributed by atoms with E-state index in [-0.39, 0.29) is 29.7 Å². The fourth-order valence-electron chi connectivity index (χ4n) is 2.69. The van der Waals surface area contributed by atoms with E-state index in [9.17, 15) is 9.59 Å². The molecule has 1 aromatic carbocycles. The van der Waals surface area contributed by atoms with E-state index in [1.807, 2.05) is 52.0 Å². The van der Waals surface area contributed by atoms with Crippen LogP contribution in [0.3, 0.4) is 0 Å². The van der Waals surface area contributed by atoms with Crippen LogP contribution in [-0.4, -0.2) is 29.5 Å². The molecule has 0 unspecified atom stereocenters. The Morgan fingerprint density at radius 2 is 2.14 bits per heavy atom. The van der Waals surface area contributed by atoms with Crippen molar-refractivity contribution in [1.29, 1.82) is 0 Å². The van der Waals surface area contributed by atoms with Gasteiger partial charge in [-0.25, -0.2) is 9.69 Å². The number of rotatable bonds is 4. The summed E-state index contributed by atoms with van der Waals surface area (Å²) in [7, 11) is 0. The lowest BCUT2D eigenvalue weighted by molar-refractivity contribution is -0.130. The Morgan fingerprint density at radius 3 is 2.73 bits per heavy atom. The second-order valence-corrected chi connectivity index (χ2v) is 7.64. The number of carbonyl (C=O) groups is 2. The molecule has 2 rings (SSSR count). The van der Waals surface area contributed by atoms with Crippen LogP contribution in [0.15, 0.2) is 28.7 Å². The normalized spacial score (nSPS) is 18.7. The van der Waals surface area contributed by atoms with Crippen molar-refractivity contribution < 1.29 is 14.3 Å². The molecule has 0 aromatic heterocycles. The largest absolute Gasteiger partial charge is 0.447 e. The summed E-state index contributed by atoms with van der Waals surface area (Å²) in [5, 5.41) is 0. The maximum Gasteiger partial charge on any atom is 0.416 e. The van der Waals surface area contributed by atoms with Crippen molar-refractivity contribution in [1.82, 2.24) is 4.90 Å². The van der Waals surface area contributed by atoms with Gasteiger partial charge >= 0.3 is 6.09 Å². The van der Waals surface area contributed by atoms with E-state index in [2.05, 4.69) is 15.9 Å². The van der Waals surface area contributed by atoms with Crippen LogP contribution in [0.5, 0.6) is 0 Å². The van der Waals surface area contributed by atoms with Gasteiger partial charge in [-0.2, -0.15) is 0 Å². The van der Waals surface area contributed by atoms with Gasteiger partial charge in [0.25, 0.3) is 0 Å². The van der Waals surface area contributed by atoms with Crippen LogP contribution in [0.4, 0.5) is 4.79 Å². The van der Waals surface area contributed by atoms with E-state index < -0.39 is 6.09 Å². The number of halogens is 1. The van der Waals surface area contributed by atoms with Gasteiger partial charge in [-0.15, -0.1) is 0 Å². The SMILES string of the molecule is CC(C)[C@H]1COC(=O)N1C(=O)CC(C)(C)c1cccc(Br)c1. The fourth-order valence-corrected chi connectivity index (χ4v) is 3.09. The predicted molar refractivity (Wildman–Crippen MR) is 88.6 cm³/mol. The predicted octanol–water partition coefficient (Wildman–Crippen LogP) is 4.12. The molecule has 0 radical (unpaired) electrons. The standard InChI is InChI=1S/C17H22BrNO3/c1-11(2)14-10-22-16(21)19(14)15(20)9-17(3,4)12-6-5-7-13(18)8-12/h5-8,11,14H,9-10H2,1-4H3/t14-/m1/s1. The van der Waals surface area contributed by atoms with Crippen LogP contribution in [0.25, 0.3) is 0 Å². The minimum Gasteiger partial charge on any atom is -0.447 e. The molecule has 1 fully saturated rings. The highest BCUT2D eigenvalue weighted by molar-refractivity contribution is 9.10. The molecular formula is C17H22BrNO3. The molecule has 1 aliphatic rings. The first-order chi connectivity index (χ1) is 10.2. The number of cyclic esters (lactones) is 1. The minimum absolute atomic E-state index is 0.168. The quantitative estimate of drug-likeness (QED) is 0.803. The van der Waals surface area contributed by atoms with Gasteiger partial charge in [0.1, 0.15) is 6.61 Å². The summed E-state index contributed by atoms with van der Waals surface area (Å²) in [6.45, 7) is 8.30. The van der Waals surface area contributed by atoms with Gasteiger partial charge in [0.05, 0.1) is 6.04 Å². The Bertz CT molecular complexity index is 583. The van der Waals surface area contributed by atoms with Crippen LogP contribution >= 0.6 is 15.9 Å². The van der Waals surface area contributed by atoms with Crippen LogP contribution in [-0.2, 0) is 14.9 Å². The molecule has 0 spiro atoms. The topological polar surface area (TPSA) is 46.6 Å². The van der Waals surface area contributed by atoms with E-state index in [1.54, 1.807) is 0 Å². The highest BCUT2D eigenvalue weighted by atomic mass is 79.9. The first kappa shape index (κ1) is 17.0. The van der Waals surface area contributed by atoms with Crippen molar-refractivity contribution >= 4 is 27.9 Å². The van der Waals surface area contributed by atoms with Crippen molar-refractivity contribution in [3.8, 4) is 0 Å². The Morgan fingerprint density at radius 1 is 1.45 bits per heavy atom. The molecule has 1 aromatic rings. The summed E-state index contributed by atoms with van der Waals surface area (Å²) in [6, 6.07) is 7.74. The second-order valence-electron chi connectivity index (χ2n) is 6.72. The molecule has 22 heavy (non-hydrogen) atoms. The summed E-state index contributed by atoms with van der Waals surface area (Å²) in [5.41, 5.74) is 0.703.